The largest absolute Gasteiger partial charge is 0.227 e. The molecule has 0 aliphatic carbocycles. The van der Waals surface area contributed by atoms with Gasteiger partial charge in [0, 0.05) is 16.8 Å². The second-order valence-corrected chi connectivity index (χ2v) is 2.39. The number of rotatable bonds is 3. The number of hydrogen-bond acceptors (Lipinski definition) is 2. The van der Waals surface area contributed by atoms with Gasteiger partial charge < -0.3 is 0 Å². The summed E-state index contributed by atoms with van der Waals surface area (Å²) in [4.78, 5) is 0. The van der Waals surface area contributed by atoms with Gasteiger partial charge in [0.05, 0.1) is 0 Å². The number of thiol groups is 1. The molecule has 0 rings (SSSR count). The van der Waals surface area contributed by atoms with E-state index < -0.39 is 0 Å². The van der Waals surface area contributed by atoms with Crippen LogP contribution in [0.1, 0.15) is 6.92 Å². The summed E-state index contributed by atoms with van der Waals surface area (Å²) in [5, 5.41) is 0.611. The molecule has 0 radical (unpaired) electrons. The Morgan fingerprint density at radius 3 is 2.64 bits per heavy atom. The van der Waals surface area contributed by atoms with Crippen molar-refractivity contribution in [2.45, 2.75) is 6.92 Å². The molecule has 0 saturated heterocycles. The predicted molar refractivity (Wildman–Crippen MR) is 55.4 cm³/mol. The second kappa shape index (κ2) is 6.25. The van der Waals surface area contributed by atoms with Gasteiger partial charge in [0.25, 0.3) is 0 Å². The van der Waals surface area contributed by atoms with Crippen LogP contribution in [0.4, 0.5) is 0 Å². The van der Waals surface area contributed by atoms with Gasteiger partial charge in [0.1, 0.15) is 0 Å². The molecule has 60 valence electrons. The summed E-state index contributed by atoms with van der Waals surface area (Å²) >= 11 is 9.50. The predicted octanol–water partition coefficient (Wildman–Crippen LogP) is 3.16. The molecule has 1 nitrogen and oxygen atoms in total. The van der Waals surface area contributed by atoms with Crippen molar-refractivity contribution >= 4 is 30.6 Å². The maximum absolute atomic E-state index is 5.82. The Hall–Kier alpha value is -0.470. The van der Waals surface area contributed by atoms with Crippen LogP contribution >= 0.6 is 24.4 Å². The molecule has 0 N–H and O–H groups in total. The zero-order valence-electron chi connectivity index (χ0n) is 6.29. The molecule has 0 aromatic rings. The van der Waals surface area contributed by atoms with Gasteiger partial charge in [-0.25, -0.2) is 4.40 Å². The van der Waals surface area contributed by atoms with E-state index in [0.29, 0.717) is 5.03 Å². The lowest BCUT2D eigenvalue weighted by molar-refractivity contribution is 1.68. The highest BCUT2D eigenvalue weighted by Gasteiger charge is 1.91. The van der Waals surface area contributed by atoms with E-state index >= 15 is 0 Å². The minimum Gasteiger partial charge on any atom is -0.227 e. The van der Waals surface area contributed by atoms with Crippen LogP contribution in [0.15, 0.2) is 39.8 Å². The molecule has 0 heterocycles. The number of hydrogen-bond donors (Lipinski definition) is 1. The normalized spacial score (nSPS) is 14.1. The Balaban J connectivity index is 4.66. The highest BCUT2D eigenvalue weighted by atomic mass is 35.5. The molecular formula is C8H10ClNS. The van der Waals surface area contributed by atoms with Gasteiger partial charge in [-0.3, -0.25) is 0 Å². The summed E-state index contributed by atoms with van der Waals surface area (Å²) in [7, 11) is 0. The van der Waals surface area contributed by atoms with E-state index in [4.69, 9.17) is 11.6 Å². The van der Waals surface area contributed by atoms with Crippen molar-refractivity contribution in [3.8, 4) is 0 Å². The Labute approximate surface area is 77.7 Å². The lowest BCUT2D eigenvalue weighted by Crippen LogP contribution is -1.80. The van der Waals surface area contributed by atoms with E-state index in [1.165, 1.54) is 0 Å². The zero-order valence-corrected chi connectivity index (χ0v) is 7.94. The third-order valence-corrected chi connectivity index (χ3v) is 1.47. The van der Waals surface area contributed by atoms with E-state index in [1.54, 1.807) is 18.4 Å². The Morgan fingerprint density at radius 2 is 2.27 bits per heavy atom. The molecule has 11 heavy (non-hydrogen) atoms. The van der Waals surface area contributed by atoms with Gasteiger partial charge >= 0.3 is 0 Å². The fourth-order valence-corrected chi connectivity index (χ4v) is 0.893. The van der Waals surface area contributed by atoms with E-state index in [9.17, 15) is 0 Å². The smallest absolute Gasteiger partial charge is 0.0490 e. The summed E-state index contributed by atoms with van der Waals surface area (Å²) in [5.74, 6) is 0. The molecule has 0 unspecified atom stereocenters. The SMILES string of the molecule is C=CC(/C=N/S)=C(Cl)\C=C/C. The molecule has 0 amide bonds. The maximum Gasteiger partial charge on any atom is 0.0490 e. The molecule has 3 heteroatoms. The second-order valence-electron chi connectivity index (χ2n) is 1.75. The highest BCUT2D eigenvalue weighted by molar-refractivity contribution is 7.79. The minimum absolute atomic E-state index is 0.611. The van der Waals surface area contributed by atoms with E-state index in [2.05, 4.69) is 23.8 Å². The lowest BCUT2D eigenvalue weighted by atomic mass is 10.2. The first-order chi connectivity index (χ1) is 5.26. The summed E-state index contributed by atoms with van der Waals surface area (Å²) in [6, 6.07) is 0. The Morgan fingerprint density at radius 1 is 1.64 bits per heavy atom. The van der Waals surface area contributed by atoms with Crippen LogP contribution in [0.2, 0.25) is 0 Å². The first kappa shape index (κ1) is 10.5. The molecule has 0 atom stereocenters. The zero-order chi connectivity index (χ0) is 8.69. The maximum atomic E-state index is 5.82. The van der Waals surface area contributed by atoms with E-state index in [-0.39, 0.29) is 0 Å². The van der Waals surface area contributed by atoms with Crippen molar-refractivity contribution in [2.75, 3.05) is 0 Å². The highest BCUT2D eigenvalue weighted by Crippen LogP contribution is 2.10. The quantitative estimate of drug-likeness (QED) is 0.396. The van der Waals surface area contributed by atoms with Gasteiger partial charge in [-0.15, -0.1) is 0 Å². The van der Waals surface area contributed by atoms with Gasteiger partial charge in [0.15, 0.2) is 0 Å². The summed E-state index contributed by atoms with van der Waals surface area (Å²) in [6.07, 6.45) is 6.78. The fourth-order valence-electron chi connectivity index (χ4n) is 0.517. The monoisotopic (exact) mass is 187 g/mol. The summed E-state index contributed by atoms with van der Waals surface area (Å²) in [6.45, 7) is 5.47. The molecular weight excluding hydrogens is 178 g/mol. The first-order valence-electron chi connectivity index (χ1n) is 3.08. The third kappa shape index (κ3) is 4.06. The van der Waals surface area contributed by atoms with Gasteiger partial charge in [0.2, 0.25) is 0 Å². The summed E-state index contributed by atoms with van der Waals surface area (Å²) in [5.41, 5.74) is 0.764. The average Bonchev–Trinajstić information content (AvgIpc) is 2.00. The third-order valence-electron chi connectivity index (χ3n) is 1.01. The van der Waals surface area contributed by atoms with Crippen LogP contribution in [0.5, 0.6) is 0 Å². The molecule has 0 spiro atoms. The van der Waals surface area contributed by atoms with Crippen molar-refractivity contribution in [3.05, 3.63) is 35.4 Å². The lowest BCUT2D eigenvalue weighted by Gasteiger charge is -1.92. The van der Waals surface area contributed by atoms with Crippen LogP contribution in [0, 0.1) is 0 Å². The molecule has 0 aliphatic heterocycles. The number of halogens is 1. The molecule has 0 saturated carbocycles. The number of nitrogens with zero attached hydrogens (tertiary/aromatic N) is 1. The van der Waals surface area contributed by atoms with Crippen molar-refractivity contribution in [1.82, 2.24) is 0 Å². The van der Waals surface area contributed by atoms with Crippen molar-refractivity contribution in [2.24, 2.45) is 4.40 Å². The van der Waals surface area contributed by atoms with Crippen LogP contribution in [-0.2, 0) is 0 Å². The van der Waals surface area contributed by atoms with Crippen LogP contribution in [0.3, 0.4) is 0 Å². The van der Waals surface area contributed by atoms with Gasteiger partial charge in [-0.2, -0.15) is 0 Å². The topological polar surface area (TPSA) is 12.4 Å². The fraction of sp³-hybridized carbons (Fsp3) is 0.125. The number of allylic oxidation sites excluding steroid dienone is 5. The van der Waals surface area contributed by atoms with Crippen molar-refractivity contribution in [3.63, 3.8) is 0 Å². The molecule has 0 aromatic heterocycles. The van der Waals surface area contributed by atoms with Crippen LogP contribution < -0.4 is 0 Å². The molecule has 0 bridgehead atoms. The van der Waals surface area contributed by atoms with Crippen LogP contribution in [-0.4, -0.2) is 6.21 Å². The van der Waals surface area contributed by atoms with E-state index in [0.717, 1.165) is 5.57 Å². The molecule has 0 aliphatic rings. The van der Waals surface area contributed by atoms with Crippen LogP contribution in [0.25, 0.3) is 0 Å². The van der Waals surface area contributed by atoms with E-state index in [1.807, 2.05) is 13.0 Å². The van der Waals surface area contributed by atoms with Gasteiger partial charge in [-0.05, 0) is 25.8 Å². The van der Waals surface area contributed by atoms with Crippen molar-refractivity contribution in [1.29, 1.82) is 0 Å². The first-order valence-corrected chi connectivity index (χ1v) is 3.86. The minimum atomic E-state index is 0.611. The molecule has 0 fully saturated rings. The Bertz CT molecular complexity index is 216. The standard InChI is InChI=1S/C8H10ClNS/c1-3-5-8(9)7(4-2)6-10-11/h3-6,11H,2H2,1H3/b5-3-,8-7-,10-6+. The summed E-state index contributed by atoms with van der Waals surface area (Å²) < 4.78 is 3.53. The van der Waals surface area contributed by atoms with Crippen molar-refractivity contribution < 1.29 is 0 Å². The van der Waals surface area contributed by atoms with Gasteiger partial charge in [-0.1, -0.05) is 30.3 Å². The molecule has 0 aromatic carbocycles. The average molecular weight is 188 g/mol. The Kier molecular flexibility index (Phi) is 5.99.